The van der Waals surface area contributed by atoms with Crippen molar-refractivity contribution in [3.8, 4) is 56.2 Å². The van der Waals surface area contributed by atoms with Gasteiger partial charge in [-0.25, -0.2) is 9.97 Å². The van der Waals surface area contributed by atoms with Crippen molar-refractivity contribution in [3.05, 3.63) is 182 Å². The second-order valence-corrected chi connectivity index (χ2v) is 12.2. The third kappa shape index (κ3) is 4.92. The van der Waals surface area contributed by atoms with Gasteiger partial charge in [0.05, 0.1) is 11.4 Å². The van der Waals surface area contributed by atoms with Crippen molar-refractivity contribution in [1.29, 1.82) is 0 Å². The minimum absolute atomic E-state index is 0.706. The molecule has 0 saturated carbocycles. The van der Waals surface area contributed by atoms with E-state index in [1.165, 1.54) is 54.6 Å². The normalized spacial score (nSPS) is 11.3. The summed E-state index contributed by atoms with van der Waals surface area (Å²) in [7, 11) is 0. The van der Waals surface area contributed by atoms with Crippen LogP contribution in [-0.2, 0) is 0 Å². The lowest BCUT2D eigenvalue weighted by molar-refractivity contribution is 1.19. The molecule has 9 aromatic rings. The average molecular weight is 611 g/mol. The van der Waals surface area contributed by atoms with Crippen molar-refractivity contribution in [3.63, 3.8) is 0 Å². The average Bonchev–Trinajstić information content (AvgIpc) is 3.17. The number of fused-ring (bicyclic) bond motifs is 4. The van der Waals surface area contributed by atoms with Crippen molar-refractivity contribution < 1.29 is 0 Å². The van der Waals surface area contributed by atoms with Crippen LogP contribution in [0, 0.1) is 0 Å². The van der Waals surface area contributed by atoms with Gasteiger partial charge in [0.2, 0.25) is 0 Å². The number of rotatable bonds is 5. The highest BCUT2D eigenvalue weighted by atomic mass is 14.9. The van der Waals surface area contributed by atoms with Gasteiger partial charge in [0, 0.05) is 16.7 Å². The Balaban J connectivity index is 1.35. The van der Waals surface area contributed by atoms with Crippen molar-refractivity contribution in [2.45, 2.75) is 0 Å². The zero-order valence-electron chi connectivity index (χ0n) is 26.2. The number of hydrogen-bond acceptors (Lipinski definition) is 2. The van der Waals surface area contributed by atoms with Gasteiger partial charge in [-0.1, -0.05) is 164 Å². The highest BCUT2D eigenvalue weighted by molar-refractivity contribution is 6.21. The minimum Gasteiger partial charge on any atom is -0.228 e. The fourth-order valence-electron chi connectivity index (χ4n) is 6.98. The van der Waals surface area contributed by atoms with Gasteiger partial charge in [-0.3, -0.25) is 0 Å². The van der Waals surface area contributed by atoms with E-state index in [1.54, 1.807) is 0 Å². The second kappa shape index (κ2) is 11.8. The molecule has 2 heteroatoms. The molecule has 0 aliphatic carbocycles. The van der Waals surface area contributed by atoms with Crippen molar-refractivity contribution in [2.75, 3.05) is 0 Å². The molecule has 0 saturated heterocycles. The van der Waals surface area contributed by atoms with Crippen LogP contribution in [0.15, 0.2) is 182 Å². The Morgan fingerprint density at radius 1 is 0.312 bits per heavy atom. The Morgan fingerprint density at radius 3 is 1.60 bits per heavy atom. The van der Waals surface area contributed by atoms with Gasteiger partial charge in [0.15, 0.2) is 5.82 Å². The molecule has 0 fully saturated rings. The van der Waals surface area contributed by atoms with Gasteiger partial charge in [0.25, 0.3) is 0 Å². The molecule has 1 heterocycles. The Morgan fingerprint density at radius 2 is 0.875 bits per heavy atom. The van der Waals surface area contributed by atoms with Crippen molar-refractivity contribution in [1.82, 2.24) is 9.97 Å². The van der Waals surface area contributed by atoms with E-state index in [-0.39, 0.29) is 0 Å². The van der Waals surface area contributed by atoms with Crippen LogP contribution in [0.4, 0.5) is 0 Å². The molecule has 2 nitrogen and oxygen atoms in total. The van der Waals surface area contributed by atoms with E-state index >= 15 is 0 Å². The molecule has 0 bridgehead atoms. The predicted molar refractivity (Wildman–Crippen MR) is 202 cm³/mol. The first-order valence-corrected chi connectivity index (χ1v) is 16.3. The van der Waals surface area contributed by atoms with E-state index < -0.39 is 0 Å². The Bertz CT molecular complexity index is 2590. The molecule has 0 radical (unpaired) electrons. The van der Waals surface area contributed by atoms with Crippen LogP contribution in [0.2, 0.25) is 0 Å². The summed E-state index contributed by atoms with van der Waals surface area (Å²) in [5.41, 5.74) is 9.67. The van der Waals surface area contributed by atoms with Crippen LogP contribution in [0.3, 0.4) is 0 Å². The molecule has 0 spiro atoms. The number of nitrogens with zero attached hydrogens (tertiary/aromatic N) is 2. The van der Waals surface area contributed by atoms with Gasteiger partial charge in [-0.05, 0) is 72.8 Å². The first-order chi connectivity index (χ1) is 23.8. The molecule has 8 aromatic carbocycles. The quantitative estimate of drug-likeness (QED) is 0.143. The summed E-state index contributed by atoms with van der Waals surface area (Å²) >= 11 is 0. The van der Waals surface area contributed by atoms with Crippen molar-refractivity contribution in [2.24, 2.45) is 0 Å². The zero-order chi connectivity index (χ0) is 31.9. The highest BCUT2D eigenvalue weighted by Gasteiger charge is 2.18. The van der Waals surface area contributed by atoms with Crippen LogP contribution >= 0.6 is 0 Å². The van der Waals surface area contributed by atoms with E-state index in [4.69, 9.17) is 9.97 Å². The summed E-state index contributed by atoms with van der Waals surface area (Å²) in [6.45, 7) is 0. The monoisotopic (exact) mass is 610 g/mol. The molecule has 0 amide bonds. The molecular weight excluding hydrogens is 581 g/mol. The first kappa shape index (κ1) is 27.9. The smallest absolute Gasteiger partial charge is 0.160 e. The van der Waals surface area contributed by atoms with E-state index in [0.29, 0.717) is 5.82 Å². The van der Waals surface area contributed by atoms with Gasteiger partial charge in [-0.15, -0.1) is 0 Å². The third-order valence-electron chi connectivity index (χ3n) is 9.25. The SMILES string of the molecule is c1ccc(-c2nc(-c3ccc(-c4ccccc4)c(-c4ccccc4)c3)cc(-c3c4ccccc4cc4ccc5ccccc5c34)n2)cc1. The molecule has 224 valence electrons. The summed E-state index contributed by atoms with van der Waals surface area (Å²) in [4.78, 5) is 10.6. The number of hydrogen-bond donors (Lipinski definition) is 0. The summed E-state index contributed by atoms with van der Waals surface area (Å²) < 4.78 is 0. The maximum absolute atomic E-state index is 5.34. The van der Waals surface area contributed by atoms with E-state index in [1.807, 2.05) is 18.2 Å². The van der Waals surface area contributed by atoms with Crippen LogP contribution in [0.25, 0.3) is 88.5 Å². The third-order valence-corrected chi connectivity index (χ3v) is 9.25. The second-order valence-electron chi connectivity index (χ2n) is 12.2. The molecule has 0 aliphatic rings. The van der Waals surface area contributed by atoms with Gasteiger partial charge < -0.3 is 0 Å². The van der Waals surface area contributed by atoms with E-state index in [2.05, 4.69) is 164 Å². The summed E-state index contributed by atoms with van der Waals surface area (Å²) in [6, 6.07) is 64.5. The largest absolute Gasteiger partial charge is 0.228 e. The Labute approximate surface area is 279 Å². The molecule has 9 rings (SSSR count). The van der Waals surface area contributed by atoms with Crippen molar-refractivity contribution >= 4 is 32.3 Å². The van der Waals surface area contributed by atoms with Gasteiger partial charge >= 0.3 is 0 Å². The van der Waals surface area contributed by atoms with Crippen LogP contribution < -0.4 is 0 Å². The van der Waals surface area contributed by atoms with Crippen LogP contribution in [0.5, 0.6) is 0 Å². The van der Waals surface area contributed by atoms with E-state index in [9.17, 15) is 0 Å². The molecule has 0 aliphatic heterocycles. The fraction of sp³-hybridized carbons (Fsp3) is 0. The van der Waals surface area contributed by atoms with Crippen LogP contribution in [-0.4, -0.2) is 9.97 Å². The molecule has 0 unspecified atom stereocenters. The summed E-state index contributed by atoms with van der Waals surface area (Å²) in [5.74, 6) is 0.706. The standard InChI is InChI=1S/C46H30N2/c1-4-14-31(15-5-1)38-27-26-36(29-41(38)32-16-6-2-7-17-32)42-30-43(48-46(47-42)34-19-8-3-9-20-34)45-40-23-13-11-21-35(40)28-37-25-24-33-18-10-12-22-39(33)44(37)45/h1-30H. The predicted octanol–water partition coefficient (Wildman–Crippen LogP) is 12.3. The maximum Gasteiger partial charge on any atom is 0.160 e. The molecular formula is C46H30N2. The fourth-order valence-corrected chi connectivity index (χ4v) is 6.98. The highest BCUT2D eigenvalue weighted by Crippen LogP contribution is 2.42. The zero-order valence-corrected chi connectivity index (χ0v) is 26.2. The first-order valence-electron chi connectivity index (χ1n) is 16.3. The topological polar surface area (TPSA) is 25.8 Å². The van der Waals surface area contributed by atoms with Gasteiger partial charge in [0.1, 0.15) is 0 Å². The molecule has 1 aromatic heterocycles. The Kier molecular flexibility index (Phi) is 6.84. The number of benzene rings is 8. The van der Waals surface area contributed by atoms with E-state index in [0.717, 1.165) is 28.1 Å². The lowest BCUT2D eigenvalue weighted by Gasteiger charge is -2.17. The lowest BCUT2D eigenvalue weighted by Crippen LogP contribution is -1.98. The number of aromatic nitrogens is 2. The lowest BCUT2D eigenvalue weighted by atomic mass is 9.90. The summed E-state index contributed by atoms with van der Waals surface area (Å²) in [5, 5.41) is 7.20. The van der Waals surface area contributed by atoms with Crippen LogP contribution in [0.1, 0.15) is 0 Å². The van der Waals surface area contributed by atoms with Gasteiger partial charge in [-0.2, -0.15) is 0 Å². The Hall–Kier alpha value is -6.38. The molecule has 48 heavy (non-hydrogen) atoms. The molecule has 0 atom stereocenters. The maximum atomic E-state index is 5.34. The minimum atomic E-state index is 0.706. The summed E-state index contributed by atoms with van der Waals surface area (Å²) in [6.07, 6.45) is 0. The molecule has 0 N–H and O–H groups in total.